The zero-order valence-corrected chi connectivity index (χ0v) is 20.1. The lowest BCUT2D eigenvalue weighted by Gasteiger charge is -2.32. The van der Waals surface area contributed by atoms with Crippen LogP contribution in [0.3, 0.4) is 0 Å². The number of alkyl halides is 2. The largest absolute Gasteiger partial charge is 0.493 e. The van der Waals surface area contributed by atoms with Gasteiger partial charge in [0, 0.05) is 42.7 Å². The van der Waals surface area contributed by atoms with Crippen LogP contribution in [0, 0.1) is 5.92 Å². The minimum absolute atomic E-state index is 0.153. The van der Waals surface area contributed by atoms with Crippen LogP contribution in [-0.4, -0.2) is 56.0 Å². The number of nitrogens with one attached hydrogen (secondary N) is 3. The van der Waals surface area contributed by atoms with Crippen LogP contribution in [0.4, 0.5) is 14.6 Å². The van der Waals surface area contributed by atoms with E-state index in [-0.39, 0.29) is 18.4 Å². The van der Waals surface area contributed by atoms with Crippen LogP contribution < -0.4 is 25.4 Å². The van der Waals surface area contributed by atoms with Crippen LogP contribution in [-0.2, 0) is 0 Å². The minimum atomic E-state index is -2.60. The van der Waals surface area contributed by atoms with Gasteiger partial charge in [0.25, 0.3) is 12.3 Å². The molecule has 1 fully saturated rings. The number of aromatic nitrogens is 2. The number of anilines is 1. The molecule has 0 spiro atoms. The van der Waals surface area contributed by atoms with Gasteiger partial charge in [0.15, 0.2) is 11.5 Å². The number of benzene rings is 2. The van der Waals surface area contributed by atoms with Crippen molar-refractivity contribution >= 4 is 11.7 Å². The zero-order chi connectivity index (χ0) is 25.2. The number of hydrogen-bond donors (Lipinski definition) is 3. The lowest BCUT2D eigenvalue weighted by atomic mass is 9.97. The van der Waals surface area contributed by atoms with Crippen molar-refractivity contribution in [1.82, 2.24) is 20.4 Å². The first-order valence-electron chi connectivity index (χ1n) is 11.9. The van der Waals surface area contributed by atoms with Gasteiger partial charge in [-0.1, -0.05) is 18.2 Å². The molecule has 1 amide bonds. The molecule has 5 rings (SSSR count). The van der Waals surface area contributed by atoms with Gasteiger partial charge in [-0.3, -0.25) is 4.79 Å². The fourth-order valence-corrected chi connectivity index (χ4v) is 4.63. The van der Waals surface area contributed by atoms with Gasteiger partial charge >= 0.3 is 0 Å². The van der Waals surface area contributed by atoms with Gasteiger partial charge in [-0.05, 0) is 36.2 Å². The molecule has 2 aliphatic heterocycles. The number of nitrogens with zero attached hydrogens (tertiary/aromatic N) is 2. The number of ether oxygens (including phenoxy) is 2. The van der Waals surface area contributed by atoms with E-state index in [0.717, 1.165) is 18.7 Å². The van der Waals surface area contributed by atoms with Gasteiger partial charge < -0.3 is 25.4 Å². The van der Waals surface area contributed by atoms with E-state index in [1.807, 2.05) is 12.1 Å². The number of carbonyl (C=O) groups is 1. The predicted molar refractivity (Wildman–Crippen MR) is 132 cm³/mol. The van der Waals surface area contributed by atoms with Gasteiger partial charge in [-0.2, -0.15) is 5.10 Å². The third-order valence-corrected chi connectivity index (χ3v) is 6.79. The monoisotopic (exact) mass is 497 g/mol. The first kappa shape index (κ1) is 24.1. The van der Waals surface area contributed by atoms with Crippen LogP contribution in [0.1, 0.15) is 34.4 Å². The fourth-order valence-electron chi connectivity index (χ4n) is 4.63. The Kier molecular flexibility index (Phi) is 6.77. The molecule has 190 valence electrons. The van der Waals surface area contributed by atoms with Gasteiger partial charge in [0.2, 0.25) is 0 Å². The molecule has 10 heteroatoms. The zero-order valence-electron chi connectivity index (χ0n) is 20.1. The number of fused-ring (bicyclic) bond motifs is 1. The van der Waals surface area contributed by atoms with Gasteiger partial charge in [-0.15, -0.1) is 0 Å². The average molecular weight is 498 g/mol. The summed E-state index contributed by atoms with van der Waals surface area (Å²) in [5.41, 5.74) is 2.53. The summed E-state index contributed by atoms with van der Waals surface area (Å²) in [6.45, 7) is 2.43. The first-order valence-corrected chi connectivity index (χ1v) is 11.9. The van der Waals surface area contributed by atoms with E-state index in [1.54, 1.807) is 43.5 Å². The Morgan fingerprint density at radius 3 is 2.64 bits per heavy atom. The highest BCUT2D eigenvalue weighted by atomic mass is 19.3. The van der Waals surface area contributed by atoms with Crippen molar-refractivity contribution in [3.63, 3.8) is 0 Å². The van der Waals surface area contributed by atoms with Gasteiger partial charge in [0.05, 0.1) is 26.0 Å². The molecule has 3 aromatic rings. The third kappa shape index (κ3) is 4.73. The molecule has 2 atom stereocenters. The Morgan fingerprint density at radius 2 is 1.94 bits per heavy atom. The van der Waals surface area contributed by atoms with Crippen molar-refractivity contribution in [2.45, 2.75) is 24.9 Å². The maximum Gasteiger partial charge on any atom is 0.260 e. The number of halogens is 2. The summed E-state index contributed by atoms with van der Waals surface area (Å²) in [6.07, 6.45) is -2.45. The number of rotatable bonds is 8. The van der Waals surface area contributed by atoms with E-state index in [1.165, 1.54) is 11.8 Å². The second-order valence-corrected chi connectivity index (χ2v) is 9.12. The average Bonchev–Trinajstić information content (AvgIpc) is 3.31. The number of hydrogen-bond acceptors (Lipinski definition) is 6. The molecule has 2 aliphatic rings. The number of methoxy groups -OCH3 is 2. The Labute approximate surface area is 208 Å². The predicted octanol–water partition coefficient (Wildman–Crippen LogP) is 3.88. The van der Waals surface area contributed by atoms with Crippen LogP contribution in [0.25, 0.3) is 11.3 Å². The summed E-state index contributed by atoms with van der Waals surface area (Å²) in [7, 11) is 3.09. The minimum Gasteiger partial charge on any atom is -0.493 e. The summed E-state index contributed by atoms with van der Waals surface area (Å²) in [6, 6.07) is 12.8. The number of amides is 1. The third-order valence-electron chi connectivity index (χ3n) is 6.79. The van der Waals surface area contributed by atoms with Crippen LogP contribution in [0.2, 0.25) is 0 Å². The second kappa shape index (κ2) is 10.1. The smallest absolute Gasteiger partial charge is 0.260 e. The van der Waals surface area contributed by atoms with E-state index < -0.39 is 12.5 Å². The van der Waals surface area contributed by atoms with Gasteiger partial charge in [0.1, 0.15) is 11.9 Å². The quantitative estimate of drug-likeness (QED) is 0.438. The maximum absolute atomic E-state index is 14.1. The van der Waals surface area contributed by atoms with Crippen molar-refractivity contribution in [3.05, 3.63) is 59.7 Å². The Hall–Kier alpha value is -3.66. The van der Waals surface area contributed by atoms with E-state index in [2.05, 4.69) is 21.0 Å². The Bertz CT molecular complexity index is 1240. The lowest BCUT2D eigenvalue weighted by molar-refractivity contribution is 0.0659. The Balaban J connectivity index is 1.40. The van der Waals surface area contributed by atoms with Gasteiger partial charge in [-0.25, -0.2) is 13.5 Å². The van der Waals surface area contributed by atoms with Crippen molar-refractivity contribution < 1.29 is 23.0 Å². The fraction of sp³-hybridized carbons (Fsp3) is 0.385. The summed E-state index contributed by atoms with van der Waals surface area (Å²) in [4.78, 5) is 12.6. The maximum atomic E-state index is 14.1. The molecule has 0 saturated carbocycles. The first-order chi connectivity index (χ1) is 17.5. The molecule has 0 bridgehead atoms. The molecule has 3 N–H and O–H groups in total. The molecule has 1 saturated heterocycles. The highest BCUT2D eigenvalue weighted by Gasteiger charge is 2.35. The topological polar surface area (TPSA) is 89.4 Å². The van der Waals surface area contributed by atoms with Crippen molar-refractivity contribution in [3.8, 4) is 22.8 Å². The highest BCUT2D eigenvalue weighted by Crippen LogP contribution is 2.41. The summed E-state index contributed by atoms with van der Waals surface area (Å²) >= 11 is 0. The van der Waals surface area contributed by atoms with E-state index in [9.17, 15) is 13.6 Å². The summed E-state index contributed by atoms with van der Waals surface area (Å²) in [5, 5.41) is 14.0. The van der Waals surface area contributed by atoms with Crippen molar-refractivity contribution in [1.29, 1.82) is 0 Å². The molecule has 2 unspecified atom stereocenters. The number of carbonyl (C=O) groups excluding carboxylic acids is 1. The van der Waals surface area contributed by atoms with Crippen LogP contribution in [0.15, 0.2) is 48.5 Å². The van der Waals surface area contributed by atoms with Crippen molar-refractivity contribution in [2.75, 3.05) is 39.2 Å². The molecule has 8 nitrogen and oxygen atoms in total. The van der Waals surface area contributed by atoms with Crippen molar-refractivity contribution in [2.24, 2.45) is 5.92 Å². The summed E-state index contributed by atoms with van der Waals surface area (Å²) < 4.78 is 40.3. The van der Waals surface area contributed by atoms with Crippen LogP contribution >= 0.6 is 0 Å². The highest BCUT2D eigenvalue weighted by molar-refractivity contribution is 5.95. The molecule has 3 heterocycles. The summed E-state index contributed by atoms with van der Waals surface area (Å²) in [5.74, 6) is 1.89. The molecule has 36 heavy (non-hydrogen) atoms. The second-order valence-electron chi connectivity index (χ2n) is 9.12. The van der Waals surface area contributed by atoms with E-state index in [4.69, 9.17) is 9.47 Å². The molecular formula is C26H29F2N5O3. The van der Waals surface area contributed by atoms with E-state index >= 15 is 0 Å². The Morgan fingerprint density at radius 1 is 1.14 bits per heavy atom. The molecule has 0 radical (unpaired) electrons. The standard InChI is InChI=1S/C26H29F2N5O3/c1-35-22-7-6-17(9-23(22)36-2)19-10-21(25(27)28)33-24(31-19)11-20(32-33)16-4-3-5-18(8-16)26(34)30-14-15-12-29-13-15/h3-9,11,15,19,21,25,29,31H,10,12-14H2,1-2H3,(H,30,34). The van der Waals surface area contributed by atoms with E-state index in [0.29, 0.717) is 46.6 Å². The molecular weight excluding hydrogens is 468 g/mol. The SMILES string of the molecule is COc1ccc(C2CC(C(F)F)n3nc(-c4cccc(C(=O)NCC5CNC5)c4)cc3N2)cc1OC. The molecule has 0 aliphatic carbocycles. The lowest BCUT2D eigenvalue weighted by Crippen LogP contribution is -2.48. The van der Waals surface area contributed by atoms with Crippen LogP contribution in [0.5, 0.6) is 11.5 Å². The molecule has 1 aromatic heterocycles. The normalized spacial score (nSPS) is 19.2. The molecule has 2 aromatic carbocycles.